The van der Waals surface area contributed by atoms with E-state index in [1.54, 1.807) is 44.4 Å². The Morgan fingerprint density at radius 2 is 2.04 bits per heavy atom. The predicted octanol–water partition coefficient (Wildman–Crippen LogP) is 3.21. The highest BCUT2D eigenvalue weighted by Gasteiger charge is 2.26. The first-order valence-electron chi connectivity index (χ1n) is 7.94. The summed E-state index contributed by atoms with van der Waals surface area (Å²) in [5, 5.41) is 13.4. The first-order chi connectivity index (χ1) is 12.0. The second kappa shape index (κ2) is 7.04. The molecule has 0 bridgehead atoms. The van der Waals surface area contributed by atoms with E-state index in [1.165, 1.54) is 0 Å². The van der Waals surface area contributed by atoms with Crippen molar-refractivity contribution in [1.82, 2.24) is 4.98 Å². The van der Waals surface area contributed by atoms with Gasteiger partial charge in [0.2, 0.25) is 11.8 Å². The van der Waals surface area contributed by atoms with E-state index >= 15 is 0 Å². The molecular formula is C19H20N2O4. The quantitative estimate of drug-likeness (QED) is 0.720. The lowest BCUT2D eigenvalue weighted by atomic mass is 9.92. The number of fused-ring (bicyclic) bond motifs is 1. The van der Waals surface area contributed by atoms with Gasteiger partial charge in [-0.05, 0) is 30.7 Å². The van der Waals surface area contributed by atoms with Gasteiger partial charge in [0.1, 0.15) is 12.1 Å². The van der Waals surface area contributed by atoms with Gasteiger partial charge in [-0.3, -0.25) is 4.79 Å². The lowest BCUT2D eigenvalue weighted by molar-refractivity contribution is -0.120. The summed E-state index contributed by atoms with van der Waals surface area (Å²) in [6, 6.07) is 14.3. The Morgan fingerprint density at radius 1 is 1.28 bits per heavy atom. The minimum Gasteiger partial charge on any atom is -0.438 e. The average Bonchev–Trinajstić information content (AvgIpc) is 2.97. The fraction of sp³-hybridized carbons (Fsp3) is 0.263. The van der Waals surface area contributed by atoms with E-state index in [1.807, 2.05) is 18.2 Å². The molecule has 1 heterocycles. The van der Waals surface area contributed by atoms with Crippen LogP contribution in [0.4, 0.5) is 5.69 Å². The van der Waals surface area contributed by atoms with Crippen molar-refractivity contribution in [3.8, 4) is 0 Å². The molecule has 1 unspecified atom stereocenters. The maximum atomic E-state index is 12.3. The van der Waals surface area contributed by atoms with Gasteiger partial charge in [0.15, 0.2) is 5.58 Å². The number of hydrogen-bond donors (Lipinski definition) is 2. The number of amides is 1. The molecule has 3 rings (SSSR count). The van der Waals surface area contributed by atoms with Crippen LogP contribution in [0.1, 0.15) is 24.8 Å². The largest absolute Gasteiger partial charge is 0.438 e. The van der Waals surface area contributed by atoms with Crippen LogP contribution >= 0.6 is 0 Å². The topological polar surface area (TPSA) is 84.6 Å². The van der Waals surface area contributed by atoms with Crippen molar-refractivity contribution >= 4 is 22.7 Å². The Balaban J connectivity index is 1.71. The number of ether oxygens (including phenoxy) is 1. The monoisotopic (exact) mass is 340 g/mol. The molecule has 0 saturated heterocycles. The van der Waals surface area contributed by atoms with Gasteiger partial charge in [0.25, 0.3) is 0 Å². The minimum absolute atomic E-state index is 0.0528. The number of carbonyl (C=O) groups is 1. The van der Waals surface area contributed by atoms with Crippen LogP contribution in [0.15, 0.2) is 52.9 Å². The smallest absolute Gasteiger partial charge is 0.227 e. The van der Waals surface area contributed by atoms with Crippen molar-refractivity contribution in [3.05, 3.63) is 60.0 Å². The average molecular weight is 340 g/mol. The van der Waals surface area contributed by atoms with Crippen LogP contribution in [0, 0.1) is 0 Å². The maximum Gasteiger partial charge on any atom is 0.227 e. The molecule has 0 fully saturated rings. The van der Waals surface area contributed by atoms with E-state index in [2.05, 4.69) is 10.3 Å². The Labute approximate surface area is 145 Å². The molecule has 0 saturated carbocycles. The summed E-state index contributed by atoms with van der Waals surface area (Å²) >= 11 is 0. The predicted molar refractivity (Wildman–Crippen MR) is 94.0 cm³/mol. The second-order valence-corrected chi connectivity index (χ2v) is 6.09. The molecule has 2 aromatic carbocycles. The number of aromatic nitrogens is 1. The molecule has 2 N–H and O–H groups in total. The van der Waals surface area contributed by atoms with Crippen molar-refractivity contribution in [3.63, 3.8) is 0 Å². The molecule has 6 nitrogen and oxygen atoms in total. The SMILES string of the molecule is COCc1nc2cc(NC(=O)CC(C)(O)c3ccccc3)ccc2o1. The summed E-state index contributed by atoms with van der Waals surface area (Å²) in [5.74, 6) is 0.196. The molecule has 6 heteroatoms. The fourth-order valence-electron chi connectivity index (χ4n) is 2.66. The van der Waals surface area contributed by atoms with Crippen molar-refractivity contribution in [2.45, 2.75) is 25.6 Å². The number of nitrogens with zero attached hydrogens (tertiary/aromatic N) is 1. The zero-order valence-corrected chi connectivity index (χ0v) is 14.2. The highest BCUT2D eigenvalue weighted by molar-refractivity contribution is 5.93. The summed E-state index contributed by atoms with van der Waals surface area (Å²) < 4.78 is 10.5. The number of rotatable bonds is 6. The Hall–Kier alpha value is -2.70. The standard InChI is InChI=1S/C19H20N2O4/c1-19(23,13-6-4-3-5-7-13)11-17(22)20-14-8-9-16-15(10-14)21-18(25-16)12-24-2/h3-10,23H,11-12H2,1-2H3,(H,20,22). The Bertz CT molecular complexity index is 872. The zero-order valence-electron chi connectivity index (χ0n) is 14.2. The molecule has 0 aliphatic carbocycles. The number of benzene rings is 2. The van der Waals surface area contributed by atoms with Crippen molar-refractivity contribution in [2.75, 3.05) is 12.4 Å². The number of methoxy groups -OCH3 is 1. The Morgan fingerprint density at radius 3 is 2.76 bits per heavy atom. The van der Waals surface area contributed by atoms with Gasteiger partial charge in [-0.2, -0.15) is 0 Å². The molecular weight excluding hydrogens is 320 g/mol. The Kier molecular flexibility index (Phi) is 4.83. The van der Waals surface area contributed by atoms with Crippen molar-refractivity contribution < 1.29 is 19.1 Å². The van der Waals surface area contributed by atoms with Crippen LogP contribution in [0.25, 0.3) is 11.1 Å². The molecule has 0 spiro atoms. The third-order valence-electron chi connectivity index (χ3n) is 3.88. The maximum absolute atomic E-state index is 12.3. The van der Waals surface area contributed by atoms with Gasteiger partial charge in [-0.25, -0.2) is 4.98 Å². The highest BCUT2D eigenvalue weighted by Crippen LogP contribution is 2.25. The van der Waals surface area contributed by atoms with E-state index in [0.717, 1.165) is 0 Å². The van der Waals surface area contributed by atoms with Gasteiger partial charge in [-0.1, -0.05) is 30.3 Å². The van der Waals surface area contributed by atoms with E-state index in [9.17, 15) is 9.90 Å². The molecule has 1 amide bonds. The number of aliphatic hydroxyl groups is 1. The van der Waals surface area contributed by atoms with Gasteiger partial charge < -0.3 is 19.6 Å². The summed E-state index contributed by atoms with van der Waals surface area (Å²) in [6.45, 7) is 1.91. The van der Waals surface area contributed by atoms with Crippen LogP contribution in [0.3, 0.4) is 0 Å². The van der Waals surface area contributed by atoms with Crippen LogP contribution < -0.4 is 5.32 Å². The van der Waals surface area contributed by atoms with E-state index < -0.39 is 5.60 Å². The zero-order chi connectivity index (χ0) is 17.9. The van der Waals surface area contributed by atoms with Crippen molar-refractivity contribution in [2.24, 2.45) is 0 Å². The van der Waals surface area contributed by atoms with Crippen LogP contribution in [-0.2, 0) is 21.7 Å². The summed E-state index contributed by atoms with van der Waals surface area (Å²) in [5.41, 5.74) is 1.32. The normalized spacial score (nSPS) is 13.6. The third-order valence-corrected chi connectivity index (χ3v) is 3.88. The number of carbonyl (C=O) groups excluding carboxylic acids is 1. The molecule has 0 radical (unpaired) electrons. The van der Waals surface area contributed by atoms with Gasteiger partial charge in [0, 0.05) is 12.8 Å². The number of nitrogens with one attached hydrogen (secondary N) is 1. The van der Waals surface area contributed by atoms with Crippen LogP contribution in [0.5, 0.6) is 0 Å². The lowest BCUT2D eigenvalue weighted by Gasteiger charge is -2.23. The molecule has 0 aliphatic heterocycles. The van der Waals surface area contributed by atoms with Gasteiger partial charge >= 0.3 is 0 Å². The molecule has 1 aromatic heterocycles. The molecule has 3 aromatic rings. The highest BCUT2D eigenvalue weighted by atomic mass is 16.5. The van der Waals surface area contributed by atoms with Crippen LogP contribution in [-0.4, -0.2) is 23.1 Å². The third kappa shape index (κ3) is 4.04. The summed E-state index contributed by atoms with van der Waals surface area (Å²) in [7, 11) is 1.57. The molecule has 0 aliphatic rings. The van der Waals surface area contributed by atoms with Crippen LogP contribution in [0.2, 0.25) is 0 Å². The summed E-state index contributed by atoms with van der Waals surface area (Å²) in [6.07, 6.45) is -0.0528. The van der Waals surface area contributed by atoms with E-state index in [4.69, 9.17) is 9.15 Å². The van der Waals surface area contributed by atoms with Gasteiger partial charge in [0.05, 0.1) is 12.0 Å². The number of anilines is 1. The lowest BCUT2D eigenvalue weighted by Crippen LogP contribution is -2.28. The molecule has 1 atom stereocenters. The second-order valence-electron chi connectivity index (χ2n) is 6.09. The first-order valence-corrected chi connectivity index (χ1v) is 7.94. The van der Waals surface area contributed by atoms with Gasteiger partial charge in [-0.15, -0.1) is 0 Å². The fourth-order valence-corrected chi connectivity index (χ4v) is 2.66. The summed E-state index contributed by atoms with van der Waals surface area (Å²) in [4.78, 5) is 16.6. The van der Waals surface area contributed by atoms with E-state index in [-0.39, 0.29) is 18.9 Å². The van der Waals surface area contributed by atoms with Crippen molar-refractivity contribution in [1.29, 1.82) is 0 Å². The van der Waals surface area contributed by atoms with E-state index in [0.29, 0.717) is 28.2 Å². The minimum atomic E-state index is -1.24. The number of oxazole rings is 1. The molecule has 130 valence electrons. The first kappa shape index (κ1) is 17.1. The molecule has 25 heavy (non-hydrogen) atoms. The number of hydrogen-bond acceptors (Lipinski definition) is 5.